The number of rotatable bonds is 16. The molecule has 0 amide bonds. The second-order valence-corrected chi connectivity index (χ2v) is 12.5. The van der Waals surface area contributed by atoms with E-state index in [9.17, 15) is 4.79 Å². The summed E-state index contributed by atoms with van der Waals surface area (Å²) in [5, 5.41) is 1.36. The van der Waals surface area contributed by atoms with Crippen molar-refractivity contribution in [2.24, 2.45) is 0 Å². The summed E-state index contributed by atoms with van der Waals surface area (Å²) in [4.78, 5) is 17.1. The summed E-state index contributed by atoms with van der Waals surface area (Å²) in [6, 6.07) is 11.1. The van der Waals surface area contributed by atoms with E-state index >= 15 is 0 Å². The molecule has 0 bridgehead atoms. The number of hydrogen-bond donors (Lipinski definition) is 0. The first-order valence-electron chi connectivity index (χ1n) is 16.0. The molecule has 1 aliphatic heterocycles. The van der Waals surface area contributed by atoms with Gasteiger partial charge < -0.3 is 9.30 Å². The molecule has 4 rings (SSSR count). The van der Waals surface area contributed by atoms with Gasteiger partial charge in [0.1, 0.15) is 6.54 Å². The minimum absolute atomic E-state index is 0.0426. The van der Waals surface area contributed by atoms with Gasteiger partial charge in [0.15, 0.2) is 0 Å². The van der Waals surface area contributed by atoms with Gasteiger partial charge in [-0.25, -0.2) is 0 Å². The van der Waals surface area contributed by atoms with Crippen LogP contribution < -0.4 is 0 Å². The van der Waals surface area contributed by atoms with Crippen molar-refractivity contribution in [2.45, 2.75) is 111 Å². The first kappa shape index (κ1) is 31.0. The van der Waals surface area contributed by atoms with E-state index in [2.05, 4.69) is 72.9 Å². The maximum Gasteiger partial charge on any atom is 0.310 e. The Bertz CT molecular complexity index is 1290. The number of carbonyl (C=O) groups excluding carboxylic acids is 1. The molecule has 0 saturated heterocycles. The molecule has 0 fully saturated rings. The van der Waals surface area contributed by atoms with Crippen LogP contribution >= 0.6 is 0 Å². The number of unbranched alkanes of at least 4 members (excludes halogenated alkanes) is 7. The first-order chi connectivity index (χ1) is 19.9. The first-order valence-corrected chi connectivity index (χ1v) is 16.0. The molecule has 0 spiro atoms. The fourth-order valence-electron chi connectivity index (χ4n) is 6.06. The predicted molar refractivity (Wildman–Crippen MR) is 170 cm³/mol. The summed E-state index contributed by atoms with van der Waals surface area (Å²) in [5.41, 5.74) is 7.81. The van der Waals surface area contributed by atoms with Crippen LogP contribution in [0, 0.1) is 13.8 Å². The van der Waals surface area contributed by atoms with Gasteiger partial charge in [0.25, 0.3) is 0 Å². The van der Waals surface area contributed by atoms with Gasteiger partial charge in [-0.2, -0.15) is 0 Å². The smallest absolute Gasteiger partial charge is 0.310 e. The number of pyridine rings is 1. The molecule has 222 valence electrons. The lowest BCUT2D eigenvalue weighted by Crippen LogP contribution is -2.49. The predicted octanol–water partition coefficient (Wildman–Crippen LogP) is 8.38. The summed E-state index contributed by atoms with van der Waals surface area (Å²) in [7, 11) is 2.24. The highest BCUT2D eigenvalue weighted by Crippen LogP contribution is 2.34. The Labute approximate surface area is 248 Å². The van der Waals surface area contributed by atoms with Crippen LogP contribution in [0.25, 0.3) is 10.9 Å². The zero-order valence-electron chi connectivity index (χ0n) is 26.1. The number of allylic oxidation sites excluding steroid dienone is 2. The monoisotopic (exact) mass is 558 g/mol. The van der Waals surface area contributed by atoms with Crippen LogP contribution in [0.3, 0.4) is 0 Å². The number of hydrogen-bond acceptors (Lipinski definition) is 3. The van der Waals surface area contributed by atoms with Crippen molar-refractivity contribution in [3.05, 3.63) is 76.8 Å². The van der Waals surface area contributed by atoms with Crippen LogP contribution in [0.1, 0.15) is 99.2 Å². The van der Waals surface area contributed by atoms with E-state index in [1.165, 1.54) is 78.2 Å². The largest absolute Gasteiger partial charge is 0.415 e. The van der Waals surface area contributed by atoms with Crippen LogP contribution in [-0.2, 0) is 35.5 Å². The van der Waals surface area contributed by atoms with Gasteiger partial charge in [-0.15, -0.1) is 0 Å². The number of nitrogens with zero attached hydrogens (tertiary/aromatic N) is 3. The molecule has 5 nitrogen and oxygen atoms in total. The Morgan fingerprint density at radius 2 is 1.80 bits per heavy atom. The Kier molecular flexibility index (Phi) is 11.6. The molecule has 1 aromatic carbocycles. The van der Waals surface area contributed by atoms with Crippen LogP contribution in [-0.4, -0.2) is 40.3 Å². The van der Waals surface area contributed by atoms with E-state index in [1.807, 2.05) is 13.1 Å². The van der Waals surface area contributed by atoms with Gasteiger partial charge in [0.05, 0.1) is 13.6 Å². The number of carbonyl (C=O) groups is 1. The molecule has 0 saturated carbocycles. The molecule has 0 radical (unpaired) electrons. The van der Waals surface area contributed by atoms with Crippen molar-refractivity contribution in [1.82, 2.24) is 9.55 Å². The SMILES string of the molecule is CCCC/C=C/CCCCCCCC(=O)OC[N+]1(C)CCc2c(c3cc(C)ccc3n2CCc2ccc(C)nc2)C1. The maximum absolute atomic E-state index is 12.6. The maximum atomic E-state index is 12.6. The number of aryl methyl sites for hydroxylation is 4. The lowest BCUT2D eigenvalue weighted by atomic mass is 10.0. The van der Waals surface area contributed by atoms with Crippen LogP contribution in [0.4, 0.5) is 0 Å². The normalized spacial score (nSPS) is 16.9. The number of aromatic nitrogens is 2. The Balaban J connectivity index is 1.26. The topological polar surface area (TPSA) is 44.1 Å². The standard InChI is InChI=1S/C36H52N3O2/c1-5-6-7-8-9-10-11-12-13-14-15-16-36(40)41-28-39(4)24-22-35-33(27-39)32-25-29(2)17-20-34(32)38(35)23-21-31-19-18-30(3)37-26-31/h8-9,17-20,25-26H,5-7,10-16,21-24,27-28H2,1-4H3/q+1/b9-8+. The van der Waals surface area contributed by atoms with Crippen molar-refractivity contribution in [3.8, 4) is 0 Å². The third kappa shape index (κ3) is 9.03. The third-order valence-electron chi connectivity index (χ3n) is 8.65. The van der Waals surface area contributed by atoms with Crippen molar-refractivity contribution in [3.63, 3.8) is 0 Å². The third-order valence-corrected chi connectivity index (χ3v) is 8.65. The van der Waals surface area contributed by atoms with Gasteiger partial charge in [0, 0.05) is 53.4 Å². The summed E-state index contributed by atoms with van der Waals surface area (Å²) in [6.45, 7) is 9.73. The molecule has 0 N–H and O–H groups in total. The average molecular weight is 559 g/mol. The average Bonchev–Trinajstić information content (AvgIpc) is 3.26. The van der Waals surface area contributed by atoms with Crippen LogP contribution in [0.15, 0.2) is 48.7 Å². The number of esters is 1. The quantitative estimate of drug-likeness (QED) is 0.0768. The summed E-state index contributed by atoms with van der Waals surface area (Å²) >= 11 is 0. The summed E-state index contributed by atoms with van der Waals surface area (Å²) in [6.07, 6.45) is 19.9. The Morgan fingerprint density at radius 1 is 1.02 bits per heavy atom. The van der Waals surface area contributed by atoms with Crippen molar-refractivity contribution >= 4 is 16.9 Å². The van der Waals surface area contributed by atoms with Gasteiger partial charge in [-0.05, 0) is 69.7 Å². The van der Waals surface area contributed by atoms with Crippen molar-refractivity contribution < 1.29 is 14.0 Å². The van der Waals surface area contributed by atoms with E-state index in [4.69, 9.17) is 4.74 Å². The number of fused-ring (bicyclic) bond motifs is 3. The van der Waals surface area contributed by atoms with Gasteiger partial charge in [-0.1, -0.05) is 68.9 Å². The van der Waals surface area contributed by atoms with E-state index in [0.717, 1.165) is 55.5 Å². The summed E-state index contributed by atoms with van der Waals surface area (Å²) < 4.78 is 9.14. The number of ether oxygens (including phenoxy) is 1. The molecular formula is C36H52N3O2+. The minimum Gasteiger partial charge on any atom is -0.415 e. The van der Waals surface area contributed by atoms with Gasteiger partial charge in [-0.3, -0.25) is 14.3 Å². The Morgan fingerprint density at radius 3 is 2.59 bits per heavy atom. The van der Waals surface area contributed by atoms with Crippen molar-refractivity contribution in [1.29, 1.82) is 0 Å². The summed E-state index contributed by atoms with van der Waals surface area (Å²) in [5.74, 6) is -0.0426. The highest BCUT2D eigenvalue weighted by atomic mass is 16.5. The highest BCUT2D eigenvalue weighted by molar-refractivity contribution is 5.86. The van der Waals surface area contributed by atoms with Crippen LogP contribution in [0.2, 0.25) is 0 Å². The molecule has 41 heavy (non-hydrogen) atoms. The highest BCUT2D eigenvalue weighted by Gasteiger charge is 2.34. The minimum atomic E-state index is -0.0426. The fourth-order valence-corrected chi connectivity index (χ4v) is 6.06. The zero-order valence-corrected chi connectivity index (χ0v) is 26.1. The van der Waals surface area contributed by atoms with Crippen molar-refractivity contribution in [2.75, 3.05) is 20.3 Å². The van der Waals surface area contributed by atoms with Gasteiger partial charge in [0.2, 0.25) is 6.73 Å². The van der Waals surface area contributed by atoms with Crippen LogP contribution in [0.5, 0.6) is 0 Å². The molecule has 1 aliphatic rings. The second kappa shape index (κ2) is 15.3. The molecule has 3 heterocycles. The zero-order chi connectivity index (χ0) is 29.1. The van der Waals surface area contributed by atoms with E-state index < -0.39 is 0 Å². The molecule has 3 aromatic rings. The fraction of sp³-hybridized carbons (Fsp3) is 0.556. The Hall–Kier alpha value is -2.92. The number of benzene rings is 1. The van der Waals surface area contributed by atoms with E-state index in [0.29, 0.717) is 13.2 Å². The molecule has 1 unspecified atom stereocenters. The lowest BCUT2D eigenvalue weighted by Gasteiger charge is -2.37. The molecule has 5 heteroatoms. The molecule has 2 aromatic heterocycles. The van der Waals surface area contributed by atoms with E-state index in [1.54, 1.807) is 0 Å². The molecule has 0 aliphatic carbocycles. The van der Waals surface area contributed by atoms with E-state index in [-0.39, 0.29) is 5.97 Å². The number of likely N-dealkylation sites (N-methyl/N-ethyl adjacent to an activating group) is 1. The molecule has 1 atom stereocenters. The number of quaternary nitrogens is 1. The second-order valence-electron chi connectivity index (χ2n) is 12.5. The lowest BCUT2D eigenvalue weighted by molar-refractivity contribution is -0.940. The molecular weight excluding hydrogens is 506 g/mol. The van der Waals surface area contributed by atoms with Gasteiger partial charge >= 0.3 is 5.97 Å².